The molecule has 0 spiro atoms. The van der Waals surface area contributed by atoms with Crippen LogP contribution in [-0.4, -0.2) is 26.1 Å². The molecule has 0 aromatic heterocycles. The minimum absolute atomic E-state index is 0.414. The maximum Gasteiger partial charge on any atom is 0.411 e. The third-order valence-electron chi connectivity index (χ3n) is 2.10. The van der Waals surface area contributed by atoms with Crippen molar-refractivity contribution < 1.29 is 22.6 Å². The summed E-state index contributed by atoms with van der Waals surface area (Å²) in [7, 11) is 0. The molecule has 1 rings (SSSR count). The molecule has 0 amide bonds. The highest BCUT2D eigenvalue weighted by Crippen LogP contribution is 2.18. The summed E-state index contributed by atoms with van der Waals surface area (Å²) in [6.07, 6.45) is -4.33. The Balaban J connectivity index is 2.41. The van der Waals surface area contributed by atoms with E-state index in [9.17, 15) is 13.2 Å². The molecule has 0 heterocycles. The Bertz CT molecular complexity index is 355. The molecule has 102 valence electrons. The third-order valence-corrected chi connectivity index (χ3v) is 2.10. The summed E-state index contributed by atoms with van der Waals surface area (Å²) < 4.78 is 45.1. The summed E-state index contributed by atoms with van der Waals surface area (Å²) in [5.41, 5.74) is 0.884. The summed E-state index contributed by atoms with van der Waals surface area (Å²) in [4.78, 5) is 0. The number of alkyl halides is 3. The van der Waals surface area contributed by atoms with E-state index in [2.05, 4.69) is 10.1 Å². The molecule has 6 heteroatoms. The molecule has 0 atom stereocenters. The Labute approximate surface area is 104 Å². The van der Waals surface area contributed by atoms with Crippen molar-refractivity contribution in [1.82, 2.24) is 5.32 Å². The smallest absolute Gasteiger partial charge is 0.411 e. The molecule has 0 fully saturated rings. The molecule has 0 aliphatic heterocycles. The summed E-state index contributed by atoms with van der Waals surface area (Å²) >= 11 is 0. The van der Waals surface area contributed by atoms with Gasteiger partial charge in [0.2, 0.25) is 0 Å². The number of rotatable bonds is 7. The van der Waals surface area contributed by atoms with E-state index in [1.807, 2.05) is 19.1 Å². The minimum Gasteiger partial charge on any atom is -0.467 e. The van der Waals surface area contributed by atoms with Crippen LogP contribution in [0, 0.1) is 0 Å². The first-order chi connectivity index (χ1) is 8.53. The van der Waals surface area contributed by atoms with Gasteiger partial charge >= 0.3 is 6.18 Å². The van der Waals surface area contributed by atoms with Crippen LogP contribution in [0.1, 0.15) is 12.5 Å². The lowest BCUT2D eigenvalue weighted by Crippen LogP contribution is -2.19. The molecule has 0 saturated heterocycles. The summed E-state index contributed by atoms with van der Waals surface area (Å²) in [6.45, 7) is 1.66. The Hall–Kier alpha value is -1.27. The van der Waals surface area contributed by atoms with E-state index in [4.69, 9.17) is 4.74 Å². The first-order valence-corrected chi connectivity index (χ1v) is 5.59. The van der Waals surface area contributed by atoms with Crippen LogP contribution in [0.2, 0.25) is 0 Å². The Morgan fingerprint density at radius 2 is 1.94 bits per heavy atom. The SMILES string of the molecule is CCNCc1ccccc1OCOCC(F)(F)F. The molecular formula is C12H16F3NO2. The highest BCUT2D eigenvalue weighted by Gasteiger charge is 2.27. The number of halogens is 3. The number of hydrogen-bond donors (Lipinski definition) is 1. The van der Waals surface area contributed by atoms with Gasteiger partial charge in [0, 0.05) is 12.1 Å². The fourth-order valence-electron chi connectivity index (χ4n) is 1.31. The third kappa shape index (κ3) is 5.88. The standard InChI is InChI=1S/C12H16F3NO2/c1-2-16-7-10-5-3-4-6-11(10)18-9-17-8-12(13,14)15/h3-6,16H,2,7-9H2,1H3. The predicted molar refractivity (Wildman–Crippen MR) is 61.3 cm³/mol. The fraction of sp³-hybridized carbons (Fsp3) is 0.500. The van der Waals surface area contributed by atoms with Crippen molar-refractivity contribution in [3.05, 3.63) is 29.8 Å². The normalized spacial score (nSPS) is 11.6. The van der Waals surface area contributed by atoms with E-state index in [0.29, 0.717) is 12.3 Å². The average molecular weight is 263 g/mol. The second-order valence-electron chi connectivity index (χ2n) is 3.61. The molecular weight excluding hydrogens is 247 g/mol. The van der Waals surface area contributed by atoms with E-state index < -0.39 is 19.6 Å². The van der Waals surface area contributed by atoms with Crippen molar-refractivity contribution in [3.8, 4) is 5.75 Å². The van der Waals surface area contributed by atoms with Gasteiger partial charge in [-0.05, 0) is 12.6 Å². The van der Waals surface area contributed by atoms with Gasteiger partial charge in [-0.3, -0.25) is 0 Å². The number of hydrogen-bond acceptors (Lipinski definition) is 3. The monoisotopic (exact) mass is 263 g/mol. The van der Waals surface area contributed by atoms with Crippen LogP contribution < -0.4 is 10.1 Å². The molecule has 1 N–H and O–H groups in total. The zero-order valence-electron chi connectivity index (χ0n) is 10.1. The molecule has 1 aromatic rings. The maximum atomic E-state index is 11.8. The van der Waals surface area contributed by atoms with Gasteiger partial charge in [-0.25, -0.2) is 0 Å². The van der Waals surface area contributed by atoms with Crippen molar-refractivity contribution in [2.45, 2.75) is 19.6 Å². The topological polar surface area (TPSA) is 30.5 Å². The predicted octanol–water partition coefficient (Wildman–Crippen LogP) is 2.71. The van der Waals surface area contributed by atoms with E-state index in [1.54, 1.807) is 12.1 Å². The molecule has 1 aromatic carbocycles. The van der Waals surface area contributed by atoms with E-state index in [1.165, 1.54) is 0 Å². The quantitative estimate of drug-likeness (QED) is 0.606. The Morgan fingerprint density at radius 1 is 1.22 bits per heavy atom. The molecule has 0 aliphatic rings. The van der Waals surface area contributed by atoms with Gasteiger partial charge in [0.25, 0.3) is 0 Å². The van der Waals surface area contributed by atoms with Gasteiger partial charge in [-0.1, -0.05) is 25.1 Å². The van der Waals surface area contributed by atoms with Gasteiger partial charge in [0.15, 0.2) is 6.79 Å². The van der Waals surface area contributed by atoms with E-state index in [0.717, 1.165) is 12.1 Å². The summed E-state index contributed by atoms with van der Waals surface area (Å²) in [6, 6.07) is 7.15. The van der Waals surface area contributed by atoms with Crippen molar-refractivity contribution >= 4 is 0 Å². The lowest BCUT2D eigenvalue weighted by Gasteiger charge is -2.12. The van der Waals surface area contributed by atoms with Gasteiger partial charge in [0.05, 0.1) is 0 Å². The highest BCUT2D eigenvalue weighted by atomic mass is 19.4. The maximum absolute atomic E-state index is 11.8. The second kappa shape index (κ2) is 7.23. The molecule has 0 unspecified atom stereocenters. The van der Waals surface area contributed by atoms with Crippen LogP contribution in [0.15, 0.2) is 24.3 Å². The van der Waals surface area contributed by atoms with Crippen LogP contribution >= 0.6 is 0 Å². The van der Waals surface area contributed by atoms with Crippen LogP contribution in [0.4, 0.5) is 13.2 Å². The van der Waals surface area contributed by atoms with Crippen LogP contribution in [0.25, 0.3) is 0 Å². The van der Waals surface area contributed by atoms with Crippen molar-refractivity contribution in [3.63, 3.8) is 0 Å². The first-order valence-electron chi connectivity index (χ1n) is 5.59. The van der Waals surface area contributed by atoms with Gasteiger partial charge < -0.3 is 14.8 Å². The van der Waals surface area contributed by atoms with Gasteiger partial charge in [0.1, 0.15) is 12.4 Å². The van der Waals surface area contributed by atoms with Gasteiger partial charge in [-0.2, -0.15) is 13.2 Å². The van der Waals surface area contributed by atoms with Crippen molar-refractivity contribution in [2.24, 2.45) is 0 Å². The van der Waals surface area contributed by atoms with Crippen LogP contribution in [0.3, 0.4) is 0 Å². The largest absolute Gasteiger partial charge is 0.467 e. The second-order valence-corrected chi connectivity index (χ2v) is 3.61. The lowest BCUT2D eigenvalue weighted by atomic mass is 10.2. The first kappa shape index (κ1) is 14.8. The lowest BCUT2D eigenvalue weighted by molar-refractivity contribution is -0.186. The minimum atomic E-state index is -4.33. The molecule has 0 radical (unpaired) electrons. The van der Waals surface area contributed by atoms with E-state index >= 15 is 0 Å². The highest BCUT2D eigenvalue weighted by molar-refractivity contribution is 5.33. The molecule has 3 nitrogen and oxygen atoms in total. The fourth-order valence-corrected chi connectivity index (χ4v) is 1.31. The average Bonchev–Trinajstić information content (AvgIpc) is 2.32. The number of benzene rings is 1. The zero-order chi connectivity index (χ0) is 13.4. The Kier molecular flexibility index (Phi) is 5.94. The van der Waals surface area contributed by atoms with Crippen molar-refractivity contribution in [2.75, 3.05) is 19.9 Å². The molecule has 0 saturated carbocycles. The van der Waals surface area contributed by atoms with Gasteiger partial charge in [-0.15, -0.1) is 0 Å². The number of ether oxygens (including phenoxy) is 2. The molecule has 18 heavy (non-hydrogen) atoms. The summed E-state index contributed by atoms with van der Waals surface area (Å²) in [5.74, 6) is 0.528. The molecule has 0 bridgehead atoms. The number of nitrogens with one attached hydrogen (secondary N) is 1. The number of para-hydroxylation sites is 1. The van der Waals surface area contributed by atoms with E-state index in [-0.39, 0.29) is 0 Å². The zero-order valence-corrected chi connectivity index (χ0v) is 10.1. The van der Waals surface area contributed by atoms with Crippen LogP contribution in [-0.2, 0) is 11.3 Å². The molecule has 0 aliphatic carbocycles. The van der Waals surface area contributed by atoms with Crippen LogP contribution in [0.5, 0.6) is 5.75 Å². The summed E-state index contributed by atoms with van der Waals surface area (Å²) in [5, 5.41) is 3.12. The Morgan fingerprint density at radius 3 is 2.61 bits per heavy atom. The van der Waals surface area contributed by atoms with Crippen molar-refractivity contribution in [1.29, 1.82) is 0 Å².